The maximum Gasteiger partial charge on any atom is 0.298 e. The second-order valence-electron chi connectivity index (χ2n) is 6.78. The number of anilines is 1. The van der Waals surface area contributed by atoms with Gasteiger partial charge in [-0.25, -0.2) is 9.29 Å². The minimum Gasteiger partial charge on any atom is -0.488 e. The van der Waals surface area contributed by atoms with E-state index in [1.165, 1.54) is 23.8 Å². The number of imide groups is 1. The number of nitrogens with zero attached hydrogens (tertiary/aromatic N) is 1. The summed E-state index contributed by atoms with van der Waals surface area (Å²) < 4.78 is 20.0. The number of carbonyl (C=O) groups is 2. The number of benzene rings is 3. The summed E-state index contributed by atoms with van der Waals surface area (Å²) in [5.41, 5.74) is 2.82. The Morgan fingerprint density at radius 1 is 0.967 bits per heavy atom. The summed E-state index contributed by atoms with van der Waals surface area (Å²) in [6.45, 7) is 2.40. The second kappa shape index (κ2) is 8.55. The minimum atomic E-state index is -0.622. The van der Waals surface area contributed by atoms with E-state index < -0.39 is 17.0 Å². The number of thioether (sulfide) groups is 1. The van der Waals surface area contributed by atoms with E-state index in [0.717, 1.165) is 22.2 Å². The summed E-state index contributed by atoms with van der Waals surface area (Å²) in [6, 6.07) is 21.0. The molecule has 30 heavy (non-hydrogen) atoms. The zero-order valence-electron chi connectivity index (χ0n) is 16.2. The Morgan fingerprint density at radius 3 is 2.43 bits per heavy atom. The molecule has 2 amide bonds. The van der Waals surface area contributed by atoms with Crippen LogP contribution in [0.15, 0.2) is 77.7 Å². The van der Waals surface area contributed by atoms with E-state index in [1.54, 1.807) is 18.2 Å². The van der Waals surface area contributed by atoms with Crippen LogP contribution in [0.2, 0.25) is 0 Å². The van der Waals surface area contributed by atoms with Gasteiger partial charge in [0.1, 0.15) is 18.2 Å². The summed E-state index contributed by atoms with van der Waals surface area (Å²) >= 11 is 0.781. The first kappa shape index (κ1) is 19.9. The Hall–Kier alpha value is -3.38. The van der Waals surface area contributed by atoms with Gasteiger partial charge in [0, 0.05) is 5.56 Å². The zero-order chi connectivity index (χ0) is 21.1. The number of aryl methyl sites for hydroxylation is 1. The van der Waals surface area contributed by atoms with Crippen molar-refractivity contribution in [1.82, 2.24) is 0 Å². The molecule has 3 aromatic rings. The third-order valence-corrected chi connectivity index (χ3v) is 5.48. The largest absolute Gasteiger partial charge is 0.488 e. The van der Waals surface area contributed by atoms with Crippen LogP contribution in [-0.2, 0) is 11.4 Å². The predicted molar refractivity (Wildman–Crippen MR) is 117 cm³/mol. The summed E-state index contributed by atoms with van der Waals surface area (Å²) in [6.07, 6.45) is 1.61. The van der Waals surface area contributed by atoms with Crippen LogP contribution in [0.4, 0.5) is 14.9 Å². The van der Waals surface area contributed by atoms with E-state index in [9.17, 15) is 14.0 Å². The molecule has 3 aromatic carbocycles. The molecular weight excluding hydrogens is 401 g/mol. The normalized spacial score (nSPS) is 15.1. The smallest absolute Gasteiger partial charge is 0.298 e. The topological polar surface area (TPSA) is 46.6 Å². The van der Waals surface area contributed by atoms with Gasteiger partial charge in [0.05, 0.1) is 10.6 Å². The van der Waals surface area contributed by atoms with E-state index in [1.807, 2.05) is 49.4 Å². The first-order valence-corrected chi connectivity index (χ1v) is 10.1. The second-order valence-corrected chi connectivity index (χ2v) is 7.77. The molecule has 0 spiro atoms. The van der Waals surface area contributed by atoms with Crippen molar-refractivity contribution in [2.75, 3.05) is 4.90 Å². The quantitative estimate of drug-likeness (QED) is 0.479. The standard InChI is InChI=1S/C24H18FNO3S/c1-16-10-12-17(13-11-16)15-29-21-9-5-2-6-18(21)14-22-23(27)26(24(28)30-22)20-8-4-3-7-19(20)25/h2-14H,15H2,1H3/b22-14-. The van der Waals surface area contributed by atoms with Crippen LogP contribution in [0.5, 0.6) is 5.75 Å². The van der Waals surface area contributed by atoms with Crippen LogP contribution in [-0.4, -0.2) is 11.1 Å². The molecule has 0 bridgehead atoms. The molecule has 150 valence electrons. The lowest BCUT2D eigenvalue weighted by Crippen LogP contribution is -2.28. The van der Waals surface area contributed by atoms with Crippen molar-refractivity contribution in [2.45, 2.75) is 13.5 Å². The molecule has 0 aliphatic carbocycles. The number of hydrogen-bond acceptors (Lipinski definition) is 4. The van der Waals surface area contributed by atoms with Gasteiger partial charge >= 0.3 is 0 Å². The third-order valence-electron chi connectivity index (χ3n) is 4.61. The minimum absolute atomic E-state index is 0.0488. The van der Waals surface area contributed by atoms with Crippen molar-refractivity contribution in [3.8, 4) is 5.75 Å². The van der Waals surface area contributed by atoms with Gasteiger partial charge in [-0.05, 0) is 48.5 Å². The maximum atomic E-state index is 14.1. The molecule has 1 aliphatic heterocycles. The van der Waals surface area contributed by atoms with Crippen molar-refractivity contribution in [3.05, 3.63) is 100 Å². The molecule has 4 nitrogen and oxygen atoms in total. The highest BCUT2D eigenvalue weighted by Gasteiger charge is 2.37. The Kier molecular flexibility index (Phi) is 5.68. The highest BCUT2D eigenvalue weighted by atomic mass is 32.2. The van der Waals surface area contributed by atoms with Crippen LogP contribution >= 0.6 is 11.8 Å². The molecule has 1 fully saturated rings. The Labute approximate surface area is 178 Å². The van der Waals surface area contributed by atoms with Crippen molar-refractivity contribution in [2.24, 2.45) is 0 Å². The van der Waals surface area contributed by atoms with Crippen molar-refractivity contribution < 1.29 is 18.7 Å². The lowest BCUT2D eigenvalue weighted by atomic mass is 10.1. The molecule has 1 saturated heterocycles. The van der Waals surface area contributed by atoms with E-state index in [0.29, 0.717) is 17.9 Å². The van der Waals surface area contributed by atoms with Crippen LogP contribution in [0.3, 0.4) is 0 Å². The lowest BCUT2D eigenvalue weighted by Gasteiger charge is -2.13. The maximum absolute atomic E-state index is 14.1. The average molecular weight is 419 g/mol. The fourth-order valence-electron chi connectivity index (χ4n) is 3.03. The number of carbonyl (C=O) groups excluding carboxylic acids is 2. The van der Waals surface area contributed by atoms with Crippen LogP contribution in [0.25, 0.3) is 6.08 Å². The molecule has 4 rings (SSSR count). The molecular formula is C24H18FNO3S. The number of para-hydroxylation sites is 2. The van der Waals surface area contributed by atoms with Crippen LogP contribution < -0.4 is 9.64 Å². The van der Waals surface area contributed by atoms with E-state index in [4.69, 9.17) is 4.74 Å². The summed E-state index contributed by atoms with van der Waals surface area (Å²) in [7, 11) is 0. The molecule has 0 saturated carbocycles. The Bertz CT molecular complexity index is 1140. The van der Waals surface area contributed by atoms with Crippen molar-refractivity contribution in [1.29, 1.82) is 0 Å². The summed E-state index contributed by atoms with van der Waals surface area (Å²) in [4.78, 5) is 26.3. The van der Waals surface area contributed by atoms with E-state index in [2.05, 4.69) is 0 Å². The van der Waals surface area contributed by atoms with Gasteiger partial charge in [0.15, 0.2) is 0 Å². The molecule has 6 heteroatoms. The molecule has 1 aliphatic rings. The average Bonchev–Trinajstić information content (AvgIpc) is 3.02. The summed E-state index contributed by atoms with van der Waals surface area (Å²) in [5.74, 6) is -0.581. The molecule has 0 atom stereocenters. The molecule has 0 radical (unpaired) electrons. The Balaban J connectivity index is 1.58. The van der Waals surface area contributed by atoms with Gasteiger partial charge in [-0.3, -0.25) is 9.59 Å². The molecule has 0 aromatic heterocycles. The predicted octanol–water partition coefficient (Wildman–Crippen LogP) is 5.95. The summed E-state index contributed by atoms with van der Waals surface area (Å²) in [5, 5.41) is -0.533. The van der Waals surface area contributed by atoms with Gasteiger partial charge in [0.25, 0.3) is 11.1 Å². The van der Waals surface area contributed by atoms with Gasteiger partial charge < -0.3 is 4.74 Å². The lowest BCUT2D eigenvalue weighted by molar-refractivity contribution is -0.113. The van der Waals surface area contributed by atoms with Gasteiger partial charge in [-0.1, -0.05) is 60.2 Å². The van der Waals surface area contributed by atoms with Crippen molar-refractivity contribution >= 4 is 34.7 Å². The number of ether oxygens (including phenoxy) is 1. The highest BCUT2D eigenvalue weighted by molar-refractivity contribution is 8.19. The number of halogens is 1. The monoisotopic (exact) mass is 419 g/mol. The fraction of sp³-hybridized carbons (Fsp3) is 0.0833. The third kappa shape index (κ3) is 4.14. The van der Waals surface area contributed by atoms with Gasteiger partial charge in [-0.2, -0.15) is 0 Å². The van der Waals surface area contributed by atoms with E-state index in [-0.39, 0.29) is 10.6 Å². The fourth-order valence-corrected chi connectivity index (χ4v) is 3.85. The van der Waals surface area contributed by atoms with Crippen LogP contribution in [0.1, 0.15) is 16.7 Å². The van der Waals surface area contributed by atoms with Gasteiger partial charge in [-0.15, -0.1) is 0 Å². The van der Waals surface area contributed by atoms with Crippen molar-refractivity contribution in [3.63, 3.8) is 0 Å². The first-order chi connectivity index (χ1) is 14.5. The van der Waals surface area contributed by atoms with Crippen LogP contribution in [0, 0.1) is 12.7 Å². The van der Waals surface area contributed by atoms with Gasteiger partial charge in [0.2, 0.25) is 0 Å². The highest BCUT2D eigenvalue weighted by Crippen LogP contribution is 2.37. The Morgan fingerprint density at radius 2 is 1.67 bits per heavy atom. The molecule has 1 heterocycles. The number of amides is 2. The molecule has 0 unspecified atom stereocenters. The zero-order valence-corrected chi connectivity index (χ0v) is 17.0. The van der Waals surface area contributed by atoms with E-state index >= 15 is 0 Å². The number of hydrogen-bond donors (Lipinski definition) is 0. The number of rotatable bonds is 5. The SMILES string of the molecule is Cc1ccc(COc2ccccc2/C=C2\SC(=O)N(c3ccccc3F)C2=O)cc1. The first-order valence-electron chi connectivity index (χ1n) is 9.33. The molecule has 0 N–H and O–H groups in total.